The molecule has 5 nitrogen and oxygen atoms in total. The van der Waals surface area contributed by atoms with Gasteiger partial charge in [-0.25, -0.2) is 0 Å². The number of nitrogens with one attached hydrogen (secondary N) is 1. The van der Waals surface area contributed by atoms with Crippen LogP contribution in [-0.2, 0) is 11.3 Å². The van der Waals surface area contributed by atoms with Crippen LogP contribution in [0.1, 0.15) is 40.9 Å². The topological polar surface area (TPSA) is 62.6 Å². The molecule has 3 rings (SSSR count). The molecule has 0 radical (unpaired) electrons. The lowest BCUT2D eigenvalue weighted by molar-refractivity contribution is -0.126. The number of likely N-dealkylation sites (tertiary alicyclic amines) is 1. The summed E-state index contributed by atoms with van der Waals surface area (Å²) in [6.45, 7) is 2.93. The first kappa shape index (κ1) is 17.5. The Morgan fingerprint density at radius 1 is 1.32 bits per heavy atom. The van der Waals surface area contributed by atoms with Gasteiger partial charge in [0.1, 0.15) is 6.04 Å². The highest BCUT2D eigenvalue weighted by atomic mass is 35.5. The highest BCUT2D eigenvalue weighted by Gasteiger charge is 2.33. The Hall–Kier alpha value is -2.27. The molecule has 0 saturated carbocycles. The lowest BCUT2D eigenvalue weighted by atomic mass is 10.0. The quantitative estimate of drug-likeness (QED) is 0.906. The Kier molecular flexibility index (Phi) is 5.43. The van der Waals surface area contributed by atoms with Crippen molar-refractivity contribution in [3.8, 4) is 0 Å². The average molecular weight is 361 g/mol. The van der Waals surface area contributed by atoms with Crippen molar-refractivity contribution in [1.29, 1.82) is 0 Å². The number of aryl methyl sites for hydroxylation is 1. The zero-order valence-electron chi connectivity index (χ0n) is 14.1. The van der Waals surface area contributed by atoms with Crippen molar-refractivity contribution in [2.24, 2.45) is 0 Å². The second-order valence-corrected chi connectivity index (χ2v) is 6.71. The van der Waals surface area contributed by atoms with Crippen molar-refractivity contribution >= 4 is 23.4 Å². The summed E-state index contributed by atoms with van der Waals surface area (Å²) in [6, 6.07) is 8.44. The van der Waals surface area contributed by atoms with E-state index in [4.69, 9.17) is 16.0 Å². The van der Waals surface area contributed by atoms with Crippen LogP contribution in [0.3, 0.4) is 0 Å². The van der Waals surface area contributed by atoms with Crippen molar-refractivity contribution in [2.75, 3.05) is 6.54 Å². The number of hydrogen-bond donors (Lipinski definition) is 1. The second kappa shape index (κ2) is 7.74. The maximum Gasteiger partial charge on any atom is 0.290 e. The van der Waals surface area contributed by atoms with Gasteiger partial charge in [-0.05, 0) is 61.6 Å². The number of furan rings is 1. The lowest BCUT2D eigenvalue weighted by Crippen LogP contribution is -2.51. The summed E-state index contributed by atoms with van der Waals surface area (Å²) in [7, 11) is 0. The number of nitrogens with zero attached hydrogens (tertiary/aromatic N) is 1. The van der Waals surface area contributed by atoms with Gasteiger partial charge in [0.2, 0.25) is 5.91 Å². The van der Waals surface area contributed by atoms with E-state index in [9.17, 15) is 9.59 Å². The third kappa shape index (κ3) is 4.04. The lowest BCUT2D eigenvalue weighted by Gasteiger charge is -2.34. The molecule has 0 aliphatic carbocycles. The van der Waals surface area contributed by atoms with E-state index in [-0.39, 0.29) is 17.6 Å². The number of carbonyl (C=O) groups is 2. The highest BCUT2D eigenvalue weighted by molar-refractivity contribution is 6.30. The van der Waals surface area contributed by atoms with Crippen LogP contribution in [0.15, 0.2) is 41.0 Å². The van der Waals surface area contributed by atoms with Gasteiger partial charge in [0.25, 0.3) is 5.91 Å². The molecule has 1 N–H and O–H groups in total. The number of hydrogen-bond acceptors (Lipinski definition) is 3. The molecule has 1 aromatic carbocycles. The maximum atomic E-state index is 12.7. The fraction of sp³-hybridized carbons (Fsp3) is 0.368. The molecule has 1 aliphatic rings. The van der Waals surface area contributed by atoms with Crippen molar-refractivity contribution in [3.63, 3.8) is 0 Å². The number of carbonyl (C=O) groups excluding carboxylic acids is 2. The molecule has 1 saturated heterocycles. The summed E-state index contributed by atoms with van der Waals surface area (Å²) in [5, 5.41) is 3.59. The van der Waals surface area contributed by atoms with Crippen molar-refractivity contribution in [3.05, 3.63) is 58.5 Å². The monoisotopic (exact) mass is 360 g/mol. The first-order valence-electron chi connectivity index (χ1n) is 8.43. The Labute approximate surface area is 151 Å². The van der Waals surface area contributed by atoms with E-state index in [1.165, 1.54) is 6.26 Å². The van der Waals surface area contributed by atoms with Crippen molar-refractivity contribution < 1.29 is 14.0 Å². The SMILES string of the molecule is Cc1ccc(Cl)cc1CNC(=O)[C@H]1CCCCN1C(=O)c1ccco1. The van der Waals surface area contributed by atoms with E-state index in [1.807, 2.05) is 25.1 Å². The van der Waals surface area contributed by atoms with Crippen LogP contribution in [0, 0.1) is 6.92 Å². The normalized spacial score (nSPS) is 17.4. The largest absolute Gasteiger partial charge is 0.459 e. The predicted molar refractivity (Wildman–Crippen MR) is 95.4 cm³/mol. The fourth-order valence-corrected chi connectivity index (χ4v) is 3.31. The average Bonchev–Trinajstić information content (AvgIpc) is 3.16. The standard InChI is InChI=1S/C19H21ClN2O3/c1-13-7-8-15(20)11-14(13)12-21-18(23)16-5-2-3-9-22(16)19(24)17-6-4-10-25-17/h4,6-8,10-11,16H,2-3,5,9,12H2,1H3,(H,21,23)/t16-/m1/s1. The number of amides is 2. The third-order valence-electron chi connectivity index (χ3n) is 4.56. The molecular formula is C19H21ClN2O3. The van der Waals surface area contributed by atoms with Crippen molar-refractivity contribution in [2.45, 2.75) is 38.8 Å². The predicted octanol–water partition coefficient (Wildman–Crippen LogP) is 3.55. The fourth-order valence-electron chi connectivity index (χ4n) is 3.12. The van der Waals surface area contributed by atoms with Crippen LogP contribution in [0.25, 0.3) is 0 Å². The zero-order chi connectivity index (χ0) is 17.8. The van der Waals surface area contributed by atoms with Gasteiger partial charge in [-0.15, -0.1) is 0 Å². The number of piperidine rings is 1. The molecule has 1 fully saturated rings. The molecule has 0 bridgehead atoms. The minimum Gasteiger partial charge on any atom is -0.459 e. The van der Waals surface area contributed by atoms with Gasteiger partial charge in [0.15, 0.2) is 5.76 Å². The Bertz CT molecular complexity index is 758. The summed E-state index contributed by atoms with van der Waals surface area (Å²) in [5.41, 5.74) is 2.04. The molecule has 2 aromatic rings. The minimum atomic E-state index is -0.467. The molecule has 1 aromatic heterocycles. The molecular weight excluding hydrogens is 340 g/mol. The number of rotatable bonds is 4. The zero-order valence-corrected chi connectivity index (χ0v) is 14.9. The van der Waals surface area contributed by atoms with E-state index in [0.717, 1.165) is 24.0 Å². The first-order valence-corrected chi connectivity index (χ1v) is 8.81. The molecule has 0 unspecified atom stereocenters. The molecule has 2 heterocycles. The molecule has 6 heteroatoms. The van der Waals surface area contributed by atoms with Gasteiger partial charge in [-0.3, -0.25) is 9.59 Å². The summed E-state index contributed by atoms with van der Waals surface area (Å²) in [4.78, 5) is 26.9. The Morgan fingerprint density at radius 2 is 2.16 bits per heavy atom. The summed E-state index contributed by atoms with van der Waals surface area (Å²) in [5.74, 6) is -0.104. The highest BCUT2D eigenvalue weighted by Crippen LogP contribution is 2.21. The van der Waals surface area contributed by atoms with Crippen LogP contribution in [-0.4, -0.2) is 29.3 Å². The van der Waals surface area contributed by atoms with Crippen LogP contribution in [0.5, 0.6) is 0 Å². The van der Waals surface area contributed by atoms with E-state index in [1.54, 1.807) is 17.0 Å². The van der Waals surface area contributed by atoms with Crippen LogP contribution >= 0.6 is 11.6 Å². The van der Waals surface area contributed by atoms with Crippen molar-refractivity contribution in [1.82, 2.24) is 10.2 Å². The van der Waals surface area contributed by atoms with E-state index >= 15 is 0 Å². The van der Waals surface area contributed by atoms with Gasteiger partial charge in [-0.2, -0.15) is 0 Å². The molecule has 0 spiro atoms. The van der Waals surface area contributed by atoms with Gasteiger partial charge < -0.3 is 14.6 Å². The maximum absolute atomic E-state index is 12.7. The van der Waals surface area contributed by atoms with Gasteiger partial charge in [0.05, 0.1) is 6.26 Å². The molecule has 132 valence electrons. The van der Waals surface area contributed by atoms with Crippen LogP contribution in [0.2, 0.25) is 5.02 Å². The Balaban J connectivity index is 1.68. The molecule has 1 aliphatic heterocycles. The minimum absolute atomic E-state index is 0.140. The Morgan fingerprint density at radius 3 is 2.92 bits per heavy atom. The van der Waals surface area contributed by atoms with E-state index < -0.39 is 6.04 Å². The number of halogens is 1. The van der Waals surface area contributed by atoms with Crippen LogP contribution < -0.4 is 5.32 Å². The molecule has 2 amide bonds. The third-order valence-corrected chi connectivity index (χ3v) is 4.80. The first-order chi connectivity index (χ1) is 12.1. The van der Waals surface area contributed by atoms with E-state index in [2.05, 4.69) is 5.32 Å². The molecule has 25 heavy (non-hydrogen) atoms. The summed E-state index contributed by atoms with van der Waals surface area (Å²) in [6.07, 6.45) is 3.95. The van der Waals surface area contributed by atoms with Gasteiger partial charge >= 0.3 is 0 Å². The van der Waals surface area contributed by atoms with Gasteiger partial charge in [-0.1, -0.05) is 17.7 Å². The summed E-state index contributed by atoms with van der Waals surface area (Å²) < 4.78 is 5.20. The van der Waals surface area contributed by atoms with E-state index in [0.29, 0.717) is 24.5 Å². The smallest absolute Gasteiger partial charge is 0.290 e. The second-order valence-electron chi connectivity index (χ2n) is 6.28. The molecule has 1 atom stereocenters. The summed E-state index contributed by atoms with van der Waals surface area (Å²) >= 11 is 6.03. The van der Waals surface area contributed by atoms with Crippen LogP contribution in [0.4, 0.5) is 0 Å². The van der Waals surface area contributed by atoms with Gasteiger partial charge in [0, 0.05) is 18.1 Å². The number of benzene rings is 1.